The van der Waals surface area contributed by atoms with Crippen LogP contribution in [0.5, 0.6) is 6.01 Å². The van der Waals surface area contributed by atoms with Crippen LogP contribution in [0.4, 0.5) is 4.79 Å². The third kappa shape index (κ3) is 3.76. The quantitative estimate of drug-likeness (QED) is 0.625. The lowest BCUT2D eigenvalue weighted by Crippen LogP contribution is -2.42. The topological polar surface area (TPSA) is 130 Å². The molecule has 0 atom stereocenters. The van der Waals surface area contributed by atoms with Gasteiger partial charge in [-0.15, -0.1) is 9.78 Å². The lowest BCUT2D eigenvalue weighted by Gasteiger charge is -2.18. The van der Waals surface area contributed by atoms with Crippen LogP contribution in [0.15, 0.2) is 34.0 Å². The number of rotatable bonds is 6. The SMILES string of the molecule is CCCOc1nn(C(=O)N(C)S(=O)(=O)c2ccccc2C(=O)OC)c(=O)n1C. The summed E-state index contributed by atoms with van der Waals surface area (Å²) >= 11 is 0. The van der Waals surface area contributed by atoms with Gasteiger partial charge in [0, 0.05) is 14.1 Å². The summed E-state index contributed by atoms with van der Waals surface area (Å²) in [7, 11) is -1.08. The summed E-state index contributed by atoms with van der Waals surface area (Å²) in [5.74, 6) is -0.884. The minimum Gasteiger partial charge on any atom is -0.465 e. The van der Waals surface area contributed by atoms with Gasteiger partial charge in [0.15, 0.2) is 0 Å². The number of carbonyl (C=O) groups is 2. The number of ether oxygens (including phenoxy) is 2. The third-order valence-electron chi connectivity index (χ3n) is 3.76. The van der Waals surface area contributed by atoms with E-state index in [9.17, 15) is 22.8 Å². The molecule has 2 rings (SSSR count). The number of esters is 1. The maximum absolute atomic E-state index is 12.9. The van der Waals surface area contributed by atoms with Gasteiger partial charge >= 0.3 is 23.7 Å². The molecule has 12 heteroatoms. The Balaban J connectivity index is 2.46. The van der Waals surface area contributed by atoms with Crippen molar-refractivity contribution in [3.8, 4) is 6.01 Å². The highest BCUT2D eigenvalue weighted by Crippen LogP contribution is 2.20. The first-order valence-electron chi connectivity index (χ1n) is 8.16. The van der Waals surface area contributed by atoms with E-state index in [2.05, 4.69) is 9.84 Å². The molecule has 1 aromatic carbocycles. The Morgan fingerprint density at radius 1 is 1.25 bits per heavy atom. The number of sulfonamides is 1. The van der Waals surface area contributed by atoms with Gasteiger partial charge in [-0.05, 0) is 18.6 Å². The van der Waals surface area contributed by atoms with E-state index in [4.69, 9.17) is 4.74 Å². The number of amides is 1. The van der Waals surface area contributed by atoms with E-state index >= 15 is 0 Å². The van der Waals surface area contributed by atoms with E-state index in [1.54, 1.807) is 0 Å². The molecule has 28 heavy (non-hydrogen) atoms. The normalized spacial score (nSPS) is 11.1. The Labute approximate surface area is 161 Å². The Kier molecular flexibility index (Phi) is 6.23. The predicted octanol–water partition coefficient (Wildman–Crippen LogP) is 0.446. The van der Waals surface area contributed by atoms with E-state index in [0.29, 0.717) is 15.4 Å². The van der Waals surface area contributed by atoms with Crippen molar-refractivity contribution in [2.24, 2.45) is 7.05 Å². The second kappa shape index (κ2) is 8.25. The van der Waals surface area contributed by atoms with Crippen molar-refractivity contribution in [3.05, 3.63) is 40.3 Å². The van der Waals surface area contributed by atoms with Crippen LogP contribution in [0.3, 0.4) is 0 Å². The molecule has 0 saturated heterocycles. The monoisotopic (exact) mass is 412 g/mol. The molecule has 1 amide bonds. The van der Waals surface area contributed by atoms with Crippen LogP contribution >= 0.6 is 0 Å². The molecule has 0 radical (unpaired) electrons. The lowest BCUT2D eigenvalue weighted by atomic mass is 10.2. The van der Waals surface area contributed by atoms with E-state index in [-0.39, 0.29) is 18.2 Å². The molecule has 152 valence electrons. The van der Waals surface area contributed by atoms with Crippen molar-refractivity contribution in [2.45, 2.75) is 18.2 Å². The number of aromatic nitrogens is 3. The van der Waals surface area contributed by atoms with Crippen LogP contribution in [0.2, 0.25) is 0 Å². The molecule has 1 heterocycles. The highest BCUT2D eigenvalue weighted by molar-refractivity contribution is 7.89. The van der Waals surface area contributed by atoms with Crippen LogP contribution in [0.25, 0.3) is 0 Å². The molecule has 0 aliphatic heterocycles. The molecule has 0 bridgehead atoms. The average molecular weight is 412 g/mol. The zero-order valence-electron chi connectivity index (χ0n) is 15.8. The first-order chi connectivity index (χ1) is 13.2. The minimum atomic E-state index is -4.48. The molecule has 11 nitrogen and oxygen atoms in total. The largest absolute Gasteiger partial charge is 0.465 e. The van der Waals surface area contributed by atoms with Crippen LogP contribution in [-0.4, -0.2) is 59.8 Å². The van der Waals surface area contributed by atoms with Gasteiger partial charge in [0.1, 0.15) is 4.90 Å². The van der Waals surface area contributed by atoms with Gasteiger partial charge in [0.05, 0.1) is 19.3 Å². The number of hydrogen-bond donors (Lipinski definition) is 0. The number of hydrogen-bond acceptors (Lipinski definition) is 8. The number of benzene rings is 1. The summed E-state index contributed by atoms with van der Waals surface area (Å²) in [6.07, 6.45) is 0.646. The van der Waals surface area contributed by atoms with Crippen molar-refractivity contribution in [2.75, 3.05) is 20.8 Å². The van der Waals surface area contributed by atoms with Gasteiger partial charge in [-0.25, -0.2) is 31.7 Å². The van der Waals surface area contributed by atoms with E-state index in [0.717, 1.165) is 24.8 Å². The molecule has 0 unspecified atom stereocenters. The van der Waals surface area contributed by atoms with E-state index < -0.39 is 32.6 Å². The van der Waals surface area contributed by atoms with Crippen molar-refractivity contribution in [3.63, 3.8) is 0 Å². The van der Waals surface area contributed by atoms with Gasteiger partial charge < -0.3 is 9.47 Å². The number of nitrogens with zero attached hydrogens (tertiary/aromatic N) is 4. The molecule has 0 aliphatic rings. The van der Waals surface area contributed by atoms with Crippen LogP contribution < -0.4 is 10.4 Å². The fourth-order valence-electron chi connectivity index (χ4n) is 2.22. The maximum atomic E-state index is 12.9. The molecule has 0 fully saturated rings. The highest BCUT2D eigenvalue weighted by atomic mass is 32.2. The van der Waals surface area contributed by atoms with Gasteiger partial charge in [-0.2, -0.15) is 0 Å². The standard InChI is InChI=1S/C16H20N4O7S/c1-5-10-27-14-17-20(15(22)18(14)2)16(23)19(3)28(24,25)12-9-7-6-8-11(12)13(21)26-4/h6-9H,5,10H2,1-4H3. The van der Waals surface area contributed by atoms with Crippen LogP contribution in [0.1, 0.15) is 23.7 Å². The zero-order chi connectivity index (χ0) is 21.1. The van der Waals surface area contributed by atoms with E-state index in [1.807, 2.05) is 6.92 Å². The van der Waals surface area contributed by atoms with Crippen LogP contribution in [0, 0.1) is 0 Å². The molecule has 0 aliphatic carbocycles. The summed E-state index contributed by atoms with van der Waals surface area (Å²) in [4.78, 5) is 36.3. The number of carbonyl (C=O) groups excluding carboxylic acids is 2. The van der Waals surface area contributed by atoms with Crippen molar-refractivity contribution >= 4 is 22.0 Å². The molecule has 0 spiro atoms. The Hall–Kier alpha value is -3.15. The fraction of sp³-hybridized carbons (Fsp3) is 0.375. The summed E-state index contributed by atoms with van der Waals surface area (Å²) in [5.41, 5.74) is -1.12. The first kappa shape index (κ1) is 21.2. The number of methoxy groups -OCH3 is 1. The van der Waals surface area contributed by atoms with Crippen molar-refractivity contribution < 1.29 is 27.5 Å². The van der Waals surface area contributed by atoms with Gasteiger partial charge in [0.25, 0.3) is 10.0 Å². The minimum absolute atomic E-state index is 0.124. The molecular weight excluding hydrogens is 392 g/mol. The Morgan fingerprint density at radius 2 is 1.89 bits per heavy atom. The second-order valence-electron chi connectivity index (χ2n) is 5.63. The Bertz CT molecular complexity index is 1060. The molecular formula is C16H20N4O7S. The summed E-state index contributed by atoms with van der Waals surface area (Å²) in [6, 6.07) is 3.89. The van der Waals surface area contributed by atoms with Gasteiger partial charge in [-0.3, -0.25) is 0 Å². The Morgan fingerprint density at radius 3 is 2.50 bits per heavy atom. The first-order valence-corrected chi connectivity index (χ1v) is 9.60. The van der Waals surface area contributed by atoms with E-state index in [1.165, 1.54) is 25.2 Å². The predicted molar refractivity (Wildman–Crippen MR) is 96.8 cm³/mol. The average Bonchev–Trinajstić information content (AvgIpc) is 2.98. The highest BCUT2D eigenvalue weighted by Gasteiger charge is 2.33. The van der Waals surface area contributed by atoms with Crippen molar-refractivity contribution in [1.82, 2.24) is 18.7 Å². The van der Waals surface area contributed by atoms with Crippen LogP contribution in [-0.2, 0) is 21.8 Å². The zero-order valence-corrected chi connectivity index (χ0v) is 16.6. The molecule has 0 N–H and O–H groups in total. The summed E-state index contributed by atoms with van der Waals surface area (Å²) < 4.78 is 37.3. The second-order valence-corrected chi connectivity index (χ2v) is 7.56. The molecule has 0 saturated carbocycles. The molecule has 1 aromatic heterocycles. The maximum Gasteiger partial charge on any atom is 0.363 e. The molecule has 2 aromatic rings. The third-order valence-corrected chi connectivity index (χ3v) is 5.55. The summed E-state index contributed by atoms with van der Waals surface area (Å²) in [6.45, 7) is 2.11. The van der Waals surface area contributed by atoms with Gasteiger partial charge in [0.2, 0.25) is 0 Å². The summed E-state index contributed by atoms with van der Waals surface area (Å²) in [5, 5.41) is 3.75. The fourth-order valence-corrected chi connectivity index (χ4v) is 3.47. The van der Waals surface area contributed by atoms with Gasteiger partial charge in [-0.1, -0.05) is 19.1 Å². The smallest absolute Gasteiger partial charge is 0.363 e. The van der Waals surface area contributed by atoms with Crippen molar-refractivity contribution in [1.29, 1.82) is 0 Å². The lowest BCUT2D eigenvalue weighted by molar-refractivity contribution is 0.0596.